The first-order valence-electron chi connectivity index (χ1n) is 4.94. The van der Waals surface area contributed by atoms with Crippen molar-refractivity contribution in [2.75, 3.05) is 19.0 Å². The fourth-order valence-electron chi connectivity index (χ4n) is 1.47. The third-order valence-corrected chi connectivity index (χ3v) is 2.48. The van der Waals surface area contributed by atoms with E-state index in [1.54, 1.807) is 12.1 Å². The van der Waals surface area contributed by atoms with Gasteiger partial charge >= 0.3 is 6.09 Å². The predicted octanol–water partition coefficient (Wildman–Crippen LogP) is 0.391. The predicted molar refractivity (Wildman–Crippen MR) is 57.9 cm³/mol. The molecule has 0 fully saturated rings. The first kappa shape index (κ1) is 11.2. The molecule has 0 radical (unpaired) electrons. The number of amides is 2. The Bertz CT molecular complexity index is 463. The van der Waals surface area contributed by atoms with E-state index in [1.165, 1.54) is 13.2 Å². The number of nitrogens with one attached hydrogen (secondary N) is 1. The average molecular weight is 237 g/mol. The summed E-state index contributed by atoms with van der Waals surface area (Å²) < 4.78 is 5.35. The van der Waals surface area contributed by atoms with E-state index in [9.17, 15) is 9.59 Å². The summed E-state index contributed by atoms with van der Waals surface area (Å²) >= 11 is 0. The molecule has 1 aliphatic heterocycles. The number of nitrogens with zero attached hydrogens (tertiary/aromatic N) is 2. The van der Waals surface area contributed by atoms with Crippen LogP contribution in [0.3, 0.4) is 0 Å². The van der Waals surface area contributed by atoms with Gasteiger partial charge in [-0.15, -0.1) is 0 Å². The number of hydrogen-bond acceptors (Lipinski definition) is 4. The molecule has 0 saturated heterocycles. The Balaban J connectivity index is 2.23. The smallest absolute Gasteiger partial charge is 0.407 e. The van der Waals surface area contributed by atoms with Gasteiger partial charge in [0.1, 0.15) is 12.6 Å². The van der Waals surface area contributed by atoms with E-state index in [0.29, 0.717) is 11.6 Å². The van der Waals surface area contributed by atoms with E-state index >= 15 is 0 Å². The number of anilines is 1. The van der Waals surface area contributed by atoms with Crippen molar-refractivity contribution in [2.45, 2.75) is 6.04 Å². The summed E-state index contributed by atoms with van der Waals surface area (Å²) in [6, 6.07) is 2.44. The molecular formula is C10H11N3O4. The highest BCUT2D eigenvalue weighted by atomic mass is 16.5. The molecule has 17 heavy (non-hydrogen) atoms. The van der Waals surface area contributed by atoms with Crippen molar-refractivity contribution >= 4 is 17.8 Å². The number of ether oxygens (including phenoxy) is 1. The van der Waals surface area contributed by atoms with Crippen LogP contribution in [-0.2, 0) is 4.79 Å². The van der Waals surface area contributed by atoms with E-state index in [4.69, 9.17) is 9.84 Å². The number of carbonyl (C=O) groups is 2. The molecule has 0 aliphatic carbocycles. The largest absolute Gasteiger partial charge is 0.487 e. The number of carbonyl (C=O) groups excluding carboxylic acids is 1. The van der Waals surface area contributed by atoms with Gasteiger partial charge in [-0.1, -0.05) is 0 Å². The van der Waals surface area contributed by atoms with Crippen LogP contribution in [0.25, 0.3) is 0 Å². The molecule has 0 aromatic carbocycles. The van der Waals surface area contributed by atoms with Crippen LogP contribution >= 0.6 is 0 Å². The summed E-state index contributed by atoms with van der Waals surface area (Å²) in [4.78, 5) is 27.4. The highest BCUT2D eigenvalue weighted by Gasteiger charge is 2.31. The van der Waals surface area contributed by atoms with Gasteiger partial charge in [-0.3, -0.25) is 9.69 Å². The van der Waals surface area contributed by atoms with Gasteiger partial charge in [-0.2, -0.15) is 0 Å². The zero-order chi connectivity index (χ0) is 12.4. The molecule has 0 spiro atoms. The van der Waals surface area contributed by atoms with E-state index in [2.05, 4.69) is 10.3 Å². The average Bonchev–Trinajstić information content (AvgIpc) is 2.46. The second-order valence-electron chi connectivity index (χ2n) is 3.56. The van der Waals surface area contributed by atoms with Crippen molar-refractivity contribution < 1.29 is 19.4 Å². The molecule has 2 heterocycles. The maximum Gasteiger partial charge on any atom is 0.407 e. The normalized spacial score (nSPS) is 18.4. The number of fused-ring (bicyclic) bond motifs is 1. The molecule has 2 N–H and O–H groups in total. The molecule has 1 aliphatic rings. The van der Waals surface area contributed by atoms with Crippen LogP contribution in [0.15, 0.2) is 18.3 Å². The minimum Gasteiger partial charge on any atom is -0.487 e. The molecule has 1 aromatic rings. The van der Waals surface area contributed by atoms with Crippen LogP contribution in [-0.4, -0.2) is 46.7 Å². The number of carboxylic acid groups (broad SMARTS) is 1. The number of rotatable bonds is 1. The highest BCUT2D eigenvalue weighted by molar-refractivity contribution is 5.97. The number of likely N-dealkylation sites (N-methyl/N-ethyl adjacent to an activating group) is 1. The van der Waals surface area contributed by atoms with Crippen LogP contribution in [0, 0.1) is 0 Å². The van der Waals surface area contributed by atoms with Crippen molar-refractivity contribution in [1.82, 2.24) is 9.88 Å². The molecule has 1 atom stereocenters. The summed E-state index contributed by atoms with van der Waals surface area (Å²) in [7, 11) is 1.32. The quantitative estimate of drug-likeness (QED) is 0.737. The number of pyridine rings is 1. The molecule has 0 unspecified atom stereocenters. The minimum atomic E-state index is -1.19. The van der Waals surface area contributed by atoms with Gasteiger partial charge in [-0.25, -0.2) is 9.78 Å². The van der Waals surface area contributed by atoms with Crippen LogP contribution < -0.4 is 10.1 Å². The fourth-order valence-corrected chi connectivity index (χ4v) is 1.47. The van der Waals surface area contributed by atoms with Gasteiger partial charge in [0.25, 0.3) is 5.91 Å². The molecular weight excluding hydrogens is 226 g/mol. The molecule has 2 amide bonds. The summed E-state index contributed by atoms with van der Waals surface area (Å²) in [5.41, 5.74) is 0. The Morgan fingerprint density at radius 2 is 2.47 bits per heavy atom. The van der Waals surface area contributed by atoms with E-state index in [1.807, 2.05) is 0 Å². The summed E-state index contributed by atoms with van der Waals surface area (Å²) in [6.07, 6.45) is 0.330. The second-order valence-corrected chi connectivity index (χ2v) is 3.56. The van der Waals surface area contributed by atoms with Crippen molar-refractivity contribution in [3.05, 3.63) is 18.3 Å². The van der Waals surface area contributed by atoms with Crippen molar-refractivity contribution in [2.24, 2.45) is 0 Å². The molecule has 0 bridgehead atoms. The van der Waals surface area contributed by atoms with E-state index in [0.717, 1.165) is 4.90 Å². The zero-order valence-corrected chi connectivity index (χ0v) is 9.08. The van der Waals surface area contributed by atoms with Gasteiger partial charge < -0.3 is 15.2 Å². The lowest BCUT2D eigenvalue weighted by atomic mass is 10.2. The lowest BCUT2D eigenvalue weighted by Crippen LogP contribution is -2.47. The fraction of sp³-hybridized carbons (Fsp3) is 0.300. The van der Waals surface area contributed by atoms with Crippen LogP contribution in [0.4, 0.5) is 10.6 Å². The van der Waals surface area contributed by atoms with E-state index < -0.39 is 18.0 Å². The third kappa shape index (κ3) is 2.12. The number of hydrogen-bond donors (Lipinski definition) is 2. The topological polar surface area (TPSA) is 91.8 Å². The lowest BCUT2D eigenvalue weighted by Gasteiger charge is -2.21. The van der Waals surface area contributed by atoms with Gasteiger partial charge in [0, 0.05) is 13.2 Å². The van der Waals surface area contributed by atoms with Crippen LogP contribution in [0.5, 0.6) is 5.75 Å². The standard InChI is InChI=1S/C10H11N3O4/c1-13(10(15)16)6-5-17-7-3-2-4-11-8(7)12-9(6)14/h2-4,6H,5H2,1H3,(H,15,16)(H,11,12,14)/t6-/m0/s1. The summed E-state index contributed by atoms with van der Waals surface area (Å²) in [5.74, 6) is 0.285. The van der Waals surface area contributed by atoms with Crippen molar-refractivity contribution in [3.63, 3.8) is 0 Å². The Hall–Kier alpha value is -2.31. The first-order chi connectivity index (χ1) is 8.09. The lowest BCUT2D eigenvalue weighted by molar-refractivity contribution is -0.121. The van der Waals surface area contributed by atoms with Crippen molar-refractivity contribution in [3.8, 4) is 5.75 Å². The van der Waals surface area contributed by atoms with Gasteiger partial charge in [0.05, 0.1) is 0 Å². The summed E-state index contributed by atoms with van der Waals surface area (Å²) in [6.45, 7) is -0.0344. The summed E-state index contributed by atoms with van der Waals surface area (Å²) in [5, 5.41) is 11.4. The van der Waals surface area contributed by atoms with Gasteiger partial charge in [0.15, 0.2) is 11.6 Å². The van der Waals surface area contributed by atoms with Gasteiger partial charge in [-0.05, 0) is 12.1 Å². The molecule has 7 heteroatoms. The monoisotopic (exact) mass is 237 g/mol. The maximum atomic E-state index is 11.8. The molecule has 2 rings (SSSR count). The SMILES string of the molecule is CN(C(=O)O)[C@H]1COc2cccnc2NC1=O. The molecule has 1 aromatic heterocycles. The molecule has 0 saturated carbocycles. The minimum absolute atomic E-state index is 0.0344. The van der Waals surface area contributed by atoms with E-state index in [-0.39, 0.29) is 6.61 Å². The van der Waals surface area contributed by atoms with Crippen LogP contribution in [0.2, 0.25) is 0 Å². The van der Waals surface area contributed by atoms with Gasteiger partial charge in [0.2, 0.25) is 0 Å². The van der Waals surface area contributed by atoms with Crippen LogP contribution in [0.1, 0.15) is 0 Å². The Labute approximate surface area is 97.0 Å². The molecule has 90 valence electrons. The Kier molecular flexibility index (Phi) is 2.82. The first-order valence-corrected chi connectivity index (χ1v) is 4.94. The third-order valence-electron chi connectivity index (χ3n) is 2.48. The Morgan fingerprint density at radius 3 is 3.18 bits per heavy atom. The molecule has 7 nitrogen and oxygen atoms in total. The zero-order valence-electron chi connectivity index (χ0n) is 9.08. The number of aromatic nitrogens is 1. The Morgan fingerprint density at radius 1 is 1.71 bits per heavy atom. The maximum absolute atomic E-state index is 11.8. The van der Waals surface area contributed by atoms with Crippen molar-refractivity contribution in [1.29, 1.82) is 0 Å². The second kappa shape index (κ2) is 4.28. The highest BCUT2D eigenvalue weighted by Crippen LogP contribution is 2.24.